The molecule has 2 aliphatic heterocycles. The molecule has 0 saturated carbocycles. The molecule has 3 heterocycles. The lowest BCUT2D eigenvalue weighted by atomic mass is 9.82. The SMILES string of the molecule is COc1cc(C)c(-c2cc3n(c(=O)c2)C[C@H]2C[C@@H]3CN(C(C)=O)C2)cc1C. The van der Waals surface area contributed by atoms with Gasteiger partial charge in [-0.15, -0.1) is 0 Å². The van der Waals surface area contributed by atoms with Crippen molar-refractivity contribution in [1.29, 1.82) is 0 Å². The van der Waals surface area contributed by atoms with Crippen LogP contribution in [0.3, 0.4) is 0 Å². The molecule has 27 heavy (non-hydrogen) atoms. The lowest BCUT2D eigenvalue weighted by Gasteiger charge is -2.42. The molecule has 5 nitrogen and oxygen atoms in total. The van der Waals surface area contributed by atoms with Crippen LogP contribution in [0.5, 0.6) is 5.75 Å². The maximum absolute atomic E-state index is 12.9. The predicted molar refractivity (Wildman–Crippen MR) is 105 cm³/mol. The molecule has 1 saturated heterocycles. The van der Waals surface area contributed by atoms with Gasteiger partial charge < -0.3 is 14.2 Å². The van der Waals surface area contributed by atoms with Crippen molar-refractivity contribution in [2.24, 2.45) is 5.92 Å². The lowest BCUT2D eigenvalue weighted by molar-refractivity contribution is -0.131. The summed E-state index contributed by atoms with van der Waals surface area (Å²) in [4.78, 5) is 26.7. The number of pyridine rings is 1. The van der Waals surface area contributed by atoms with Crippen LogP contribution in [0.4, 0.5) is 0 Å². The van der Waals surface area contributed by atoms with E-state index < -0.39 is 0 Å². The number of nitrogens with zero attached hydrogens (tertiary/aromatic N) is 2. The minimum Gasteiger partial charge on any atom is -0.496 e. The van der Waals surface area contributed by atoms with Gasteiger partial charge in [-0.2, -0.15) is 0 Å². The number of amides is 1. The molecular weight excluding hydrogens is 340 g/mol. The minimum absolute atomic E-state index is 0.0568. The number of hydrogen-bond donors (Lipinski definition) is 0. The van der Waals surface area contributed by atoms with E-state index in [2.05, 4.69) is 12.1 Å². The number of hydrogen-bond acceptors (Lipinski definition) is 3. The van der Waals surface area contributed by atoms with Crippen molar-refractivity contribution in [2.45, 2.75) is 39.7 Å². The first kappa shape index (κ1) is 17.8. The van der Waals surface area contributed by atoms with E-state index in [0.29, 0.717) is 19.0 Å². The van der Waals surface area contributed by atoms with E-state index in [1.165, 1.54) is 0 Å². The molecule has 0 N–H and O–H groups in total. The summed E-state index contributed by atoms with van der Waals surface area (Å²) in [7, 11) is 1.67. The van der Waals surface area contributed by atoms with Crippen LogP contribution in [0.1, 0.15) is 36.1 Å². The first-order valence-corrected chi connectivity index (χ1v) is 9.53. The van der Waals surface area contributed by atoms with E-state index >= 15 is 0 Å². The summed E-state index contributed by atoms with van der Waals surface area (Å²) in [5, 5.41) is 0. The van der Waals surface area contributed by atoms with Crippen molar-refractivity contribution in [3.05, 3.63) is 51.4 Å². The van der Waals surface area contributed by atoms with Gasteiger partial charge in [-0.25, -0.2) is 0 Å². The number of fused-ring (bicyclic) bond motifs is 4. The fourth-order valence-corrected chi connectivity index (χ4v) is 4.69. The van der Waals surface area contributed by atoms with Gasteiger partial charge in [0.05, 0.1) is 7.11 Å². The van der Waals surface area contributed by atoms with Gasteiger partial charge in [0.25, 0.3) is 5.56 Å². The molecule has 0 spiro atoms. The van der Waals surface area contributed by atoms with Gasteiger partial charge in [0.15, 0.2) is 0 Å². The van der Waals surface area contributed by atoms with Crippen molar-refractivity contribution < 1.29 is 9.53 Å². The van der Waals surface area contributed by atoms with Crippen molar-refractivity contribution >= 4 is 5.91 Å². The number of benzene rings is 1. The summed E-state index contributed by atoms with van der Waals surface area (Å²) < 4.78 is 7.34. The molecule has 0 unspecified atom stereocenters. The number of likely N-dealkylation sites (tertiary alicyclic amines) is 1. The molecule has 0 radical (unpaired) electrons. The van der Waals surface area contributed by atoms with Crippen LogP contribution >= 0.6 is 0 Å². The molecule has 1 fully saturated rings. The second-order valence-electron chi connectivity index (χ2n) is 7.98. The van der Waals surface area contributed by atoms with Crippen LogP contribution in [0, 0.1) is 19.8 Å². The Kier molecular flexibility index (Phi) is 4.33. The van der Waals surface area contributed by atoms with E-state index in [1.807, 2.05) is 29.4 Å². The van der Waals surface area contributed by atoms with Crippen LogP contribution in [0.15, 0.2) is 29.1 Å². The summed E-state index contributed by atoms with van der Waals surface area (Å²) in [6, 6.07) is 8.02. The standard InChI is InChI=1S/C22H26N2O3/c1-13-6-21(27-4)14(2)5-19(13)17-8-20-18-7-16(10-23(12-18)15(3)25)11-24(20)22(26)9-17/h5-6,8-9,16,18H,7,10-12H2,1-4H3/t16-,18+/m0/s1. The molecule has 142 valence electrons. The molecule has 1 aromatic carbocycles. The number of rotatable bonds is 2. The zero-order valence-electron chi connectivity index (χ0n) is 16.4. The molecule has 2 bridgehead atoms. The third kappa shape index (κ3) is 3.05. The molecule has 0 aliphatic carbocycles. The molecule has 4 rings (SSSR count). The summed E-state index contributed by atoms with van der Waals surface area (Å²) in [6.45, 7) is 7.86. The zero-order chi connectivity index (χ0) is 19.3. The molecule has 2 aliphatic rings. The Labute approximate surface area is 159 Å². The highest BCUT2D eigenvalue weighted by Gasteiger charge is 2.35. The van der Waals surface area contributed by atoms with E-state index in [0.717, 1.165) is 46.7 Å². The van der Waals surface area contributed by atoms with Crippen LogP contribution < -0.4 is 10.3 Å². The van der Waals surface area contributed by atoms with Gasteiger partial charge in [0, 0.05) is 44.2 Å². The van der Waals surface area contributed by atoms with Crippen molar-refractivity contribution in [3.63, 3.8) is 0 Å². The highest BCUT2D eigenvalue weighted by molar-refractivity contribution is 5.73. The van der Waals surface area contributed by atoms with Crippen LogP contribution in [0.25, 0.3) is 11.1 Å². The third-order valence-corrected chi connectivity index (χ3v) is 6.05. The highest BCUT2D eigenvalue weighted by Crippen LogP contribution is 2.37. The Morgan fingerprint density at radius 2 is 1.85 bits per heavy atom. The molecule has 5 heteroatoms. The maximum Gasteiger partial charge on any atom is 0.251 e. The average molecular weight is 366 g/mol. The number of methoxy groups -OCH3 is 1. The highest BCUT2D eigenvalue weighted by atomic mass is 16.5. The molecule has 1 amide bonds. The van der Waals surface area contributed by atoms with Crippen LogP contribution in [-0.4, -0.2) is 35.6 Å². The number of carbonyl (C=O) groups is 1. The summed E-state index contributed by atoms with van der Waals surface area (Å²) in [5.74, 6) is 1.58. The molecule has 2 aromatic rings. The molecule has 2 atom stereocenters. The second kappa shape index (κ2) is 6.55. The number of aromatic nitrogens is 1. The Balaban J connectivity index is 1.80. The number of carbonyl (C=O) groups excluding carboxylic acids is 1. The van der Waals surface area contributed by atoms with Gasteiger partial charge in [-0.05, 0) is 66.6 Å². The zero-order valence-corrected chi connectivity index (χ0v) is 16.4. The first-order valence-electron chi connectivity index (χ1n) is 9.53. The van der Waals surface area contributed by atoms with Gasteiger partial charge in [-0.1, -0.05) is 0 Å². The first-order chi connectivity index (χ1) is 12.9. The minimum atomic E-state index is 0.0568. The number of aryl methyl sites for hydroxylation is 2. The van der Waals surface area contributed by atoms with E-state index in [-0.39, 0.29) is 17.4 Å². The van der Waals surface area contributed by atoms with Gasteiger partial charge in [0.2, 0.25) is 5.91 Å². The van der Waals surface area contributed by atoms with E-state index in [9.17, 15) is 9.59 Å². The largest absolute Gasteiger partial charge is 0.496 e. The molecule has 1 aromatic heterocycles. The van der Waals surface area contributed by atoms with Gasteiger partial charge >= 0.3 is 0 Å². The predicted octanol–water partition coefficient (Wildman–Crippen LogP) is 3.11. The van der Waals surface area contributed by atoms with Gasteiger partial charge in [0.1, 0.15) is 5.75 Å². The molecular formula is C22H26N2O3. The Morgan fingerprint density at radius 1 is 1.07 bits per heavy atom. The third-order valence-electron chi connectivity index (χ3n) is 6.05. The second-order valence-corrected chi connectivity index (χ2v) is 7.98. The average Bonchev–Trinajstić information content (AvgIpc) is 2.63. The van der Waals surface area contributed by atoms with Gasteiger partial charge in [-0.3, -0.25) is 9.59 Å². The quantitative estimate of drug-likeness (QED) is 0.821. The topological polar surface area (TPSA) is 51.5 Å². The number of piperidine rings is 1. The summed E-state index contributed by atoms with van der Waals surface area (Å²) >= 11 is 0. The lowest BCUT2D eigenvalue weighted by Crippen LogP contribution is -2.48. The Bertz CT molecular complexity index is 976. The van der Waals surface area contributed by atoms with Crippen molar-refractivity contribution in [1.82, 2.24) is 9.47 Å². The Morgan fingerprint density at radius 3 is 2.56 bits per heavy atom. The smallest absolute Gasteiger partial charge is 0.251 e. The van der Waals surface area contributed by atoms with E-state index in [4.69, 9.17) is 4.74 Å². The fourth-order valence-electron chi connectivity index (χ4n) is 4.69. The van der Waals surface area contributed by atoms with Crippen LogP contribution in [0.2, 0.25) is 0 Å². The Hall–Kier alpha value is -2.56. The van der Waals surface area contributed by atoms with E-state index in [1.54, 1.807) is 20.1 Å². The monoisotopic (exact) mass is 366 g/mol. The summed E-state index contributed by atoms with van der Waals surface area (Å²) in [5.41, 5.74) is 5.28. The van der Waals surface area contributed by atoms with Crippen LogP contribution in [-0.2, 0) is 11.3 Å². The fraction of sp³-hybridized carbons (Fsp3) is 0.455. The number of ether oxygens (including phenoxy) is 1. The van der Waals surface area contributed by atoms with Crippen molar-refractivity contribution in [2.75, 3.05) is 20.2 Å². The summed E-state index contributed by atoms with van der Waals surface area (Å²) in [6.07, 6.45) is 1.05. The normalized spacial score (nSPS) is 21.0. The maximum atomic E-state index is 12.9. The van der Waals surface area contributed by atoms with Crippen molar-refractivity contribution in [3.8, 4) is 16.9 Å².